The van der Waals surface area contributed by atoms with Crippen LogP contribution < -0.4 is 4.90 Å². The fraction of sp³-hybridized carbons (Fsp3) is 0.600. The predicted molar refractivity (Wildman–Crippen MR) is 77.8 cm³/mol. The molecule has 0 aromatic carbocycles. The van der Waals surface area contributed by atoms with Crippen molar-refractivity contribution in [2.75, 3.05) is 31.1 Å². The number of rotatable bonds is 2. The van der Waals surface area contributed by atoms with Gasteiger partial charge in [-0.3, -0.25) is 9.69 Å². The van der Waals surface area contributed by atoms with E-state index in [4.69, 9.17) is 0 Å². The Morgan fingerprint density at radius 1 is 1.21 bits per heavy atom. The van der Waals surface area contributed by atoms with Crippen LogP contribution in [0.1, 0.15) is 38.1 Å². The van der Waals surface area contributed by atoms with E-state index in [2.05, 4.69) is 35.6 Å². The Morgan fingerprint density at radius 3 is 2.37 bits per heavy atom. The minimum Gasteiger partial charge on any atom is -0.354 e. The Morgan fingerprint density at radius 2 is 1.84 bits per heavy atom. The molecule has 0 bridgehead atoms. The van der Waals surface area contributed by atoms with E-state index in [1.54, 1.807) is 19.2 Å². The molecule has 1 fully saturated rings. The summed E-state index contributed by atoms with van der Waals surface area (Å²) in [5.74, 6) is 1.01. The third-order valence-corrected chi connectivity index (χ3v) is 3.70. The van der Waals surface area contributed by atoms with Crippen molar-refractivity contribution in [2.24, 2.45) is 0 Å². The van der Waals surface area contributed by atoms with Crippen LogP contribution in [0.25, 0.3) is 0 Å². The van der Waals surface area contributed by atoms with Crippen molar-refractivity contribution in [1.29, 1.82) is 0 Å². The summed E-state index contributed by atoms with van der Waals surface area (Å²) < 4.78 is 0. The molecule has 1 aromatic heterocycles. The molecule has 0 radical (unpaired) electrons. The van der Waals surface area contributed by atoms with Crippen LogP contribution in [0.3, 0.4) is 0 Å². The first kappa shape index (κ1) is 14.0. The van der Waals surface area contributed by atoms with Crippen molar-refractivity contribution in [3.8, 4) is 0 Å². The number of pyridine rings is 1. The van der Waals surface area contributed by atoms with Crippen LogP contribution in [0.4, 0.5) is 5.82 Å². The number of aromatic nitrogens is 1. The lowest BCUT2D eigenvalue weighted by Crippen LogP contribution is -2.53. The van der Waals surface area contributed by atoms with Crippen LogP contribution in [0.2, 0.25) is 0 Å². The molecule has 1 saturated heterocycles. The minimum atomic E-state index is 0.0944. The molecule has 4 heteroatoms. The van der Waals surface area contributed by atoms with Crippen LogP contribution in [0, 0.1) is 0 Å². The molecule has 0 amide bonds. The van der Waals surface area contributed by atoms with Crippen LogP contribution in [0.5, 0.6) is 0 Å². The van der Waals surface area contributed by atoms with Gasteiger partial charge in [0, 0.05) is 43.5 Å². The Hall–Kier alpha value is -1.42. The SMILES string of the molecule is CC(=O)c1ccnc(N2CCN(C(C)(C)C)CC2)c1. The minimum absolute atomic E-state index is 0.0944. The lowest BCUT2D eigenvalue weighted by molar-refractivity contribution is 0.101. The molecule has 1 aromatic rings. The molecule has 0 atom stereocenters. The Labute approximate surface area is 115 Å². The monoisotopic (exact) mass is 261 g/mol. The van der Waals surface area contributed by atoms with E-state index in [9.17, 15) is 4.79 Å². The molecule has 19 heavy (non-hydrogen) atoms. The van der Waals surface area contributed by atoms with Gasteiger partial charge in [0.2, 0.25) is 0 Å². The summed E-state index contributed by atoms with van der Waals surface area (Å²) >= 11 is 0. The van der Waals surface area contributed by atoms with E-state index < -0.39 is 0 Å². The number of Topliss-reactive ketones (excluding diaryl/α,β-unsaturated/α-hetero) is 1. The van der Waals surface area contributed by atoms with Crippen molar-refractivity contribution in [3.63, 3.8) is 0 Å². The number of ketones is 1. The maximum absolute atomic E-state index is 11.4. The molecule has 104 valence electrons. The second kappa shape index (κ2) is 5.29. The van der Waals surface area contributed by atoms with Crippen LogP contribution >= 0.6 is 0 Å². The Bertz CT molecular complexity index is 457. The number of hydrogen-bond acceptors (Lipinski definition) is 4. The van der Waals surface area contributed by atoms with Crippen molar-refractivity contribution >= 4 is 11.6 Å². The maximum atomic E-state index is 11.4. The highest BCUT2D eigenvalue weighted by molar-refractivity contribution is 5.94. The van der Waals surface area contributed by atoms with Crippen molar-refractivity contribution in [2.45, 2.75) is 33.2 Å². The summed E-state index contributed by atoms with van der Waals surface area (Å²) in [6.45, 7) is 12.3. The van der Waals surface area contributed by atoms with Gasteiger partial charge in [0.1, 0.15) is 5.82 Å². The van der Waals surface area contributed by atoms with Gasteiger partial charge in [-0.1, -0.05) is 0 Å². The third-order valence-electron chi connectivity index (χ3n) is 3.70. The van der Waals surface area contributed by atoms with E-state index in [0.717, 1.165) is 37.6 Å². The normalized spacial score (nSPS) is 17.6. The standard InChI is InChI=1S/C15H23N3O/c1-12(19)13-5-6-16-14(11-13)17-7-9-18(10-8-17)15(2,3)4/h5-6,11H,7-10H2,1-4H3. The van der Waals surface area contributed by atoms with Gasteiger partial charge >= 0.3 is 0 Å². The lowest BCUT2D eigenvalue weighted by Gasteiger charge is -2.42. The summed E-state index contributed by atoms with van der Waals surface area (Å²) in [5.41, 5.74) is 0.962. The Balaban J connectivity index is 2.05. The molecule has 1 aliphatic heterocycles. The highest BCUT2D eigenvalue weighted by Gasteiger charge is 2.26. The number of hydrogen-bond donors (Lipinski definition) is 0. The number of carbonyl (C=O) groups excluding carboxylic acids is 1. The second-order valence-electron chi connectivity index (χ2n) is 6.10. The van der Waals surface area contributed by atoms with Crippen molar-refractivity contribution in [3.05, 3.63) is 23.9 Å². The zero-order valence-corrected chi connectivity index (χ0v) is 12.3. The molecule has 0 unspecified atom stereocenters. The first-order chi connectivity index (χ1) is 8.88. The number of nitrogens with zero attached hydrogens (tertiary/aromatic N) is 3. The smallest absolute Gasteiger partial charge is 0.159 e. The van der Waals surface area contributed by atoms with E-state index >= 15 is 0 Å². The van der Waals surface area contributed by atoms with Gasteiger partial charge in [0.05, 0.1) is 0 Å². The van der Waals surface area contributed by atoms with Gasteiger partial charge in [-0.05, 0) is 39.8 Å². The van der Waals surface area contributed by atoms with Crippen LogP contribution in [-0.4, -0.2) is 47.4 Å². The molecule has 0 N–H and O–H groups in total. The summed E-state index contributed by atoms with van der Waals surface area (Å²) in [5, 5.41) is 0. The average Bonchev–Trinajstić information content (AvgIpc) is 2.38. The van der Waals surface area contributed by atoms with Gasteiger partial charge in [-0.2, -0.15) is 0 Å². The zero-order chi connectivity index (χ0) is 14.0. The molecule has 0 spiro atoms. The third kappa shape index (κ3) is 3.32. The quantitative estimate of drug-likeness (QED) is 0.765. The van der Waals surface area contributed by atoms with Crippen LogP contribution in [-0.2, 0) is 0 Å². The number of anilines is 1. The van der Waals surface area contributed by atoms with E-state index in [1.165, 1.54) is 0 Å². The predicted octanol–water partition coefficient (Wildman–Crippen LogP) is 2.20. The molecule has 1 aliphatic rings. The average molecular weight is 261 g/mol. The van der Waals surface area contributed by atoms with E-state index in [1.807, 2.05) is 6.07 Å². The van der Waals surface area contributed by atoms with Crippen molar-refractivity contribution in [1.82, 2.24) is 9.88 Å². The Kier molecular flexibility index (Phi) is 3.90. The fourth-order valence-electron chi connectivity index (χ4n) is 2.42. The summed E-state index contributed by atoms with van der Waals surface area (Å²) in [6.07, 6.45) is 1.72. The van der Waals surface area contributed by atoms with E-state index in [-0.39, 0.29) is 11.3 Å². The van der Waals surface area contributed by atoms with E-state index in [0.29, 0.717) is 0 Å². The molecule has 4 nitrogen and oxygen atoms in total. The molecular weight excluding hydrogens is 238 g/mol. The maximum Gasteiger partial charge on any atom is 0.159 e. The molecule has 2 heterocycles. The van der Waals surface area contributed by atoms with Gasteiger partial charge in [-0.15, -0.1) is 0 Å². The fourth-order valence-corrected chi connectivity index (χ4v) is 2.42. The molecule has 2 rings (SSSR count). The lowest BCUT2D eigenvalue weighted by atomic mass is 10.0. The largest absolute Gasteiger partial charge is 0.354 e. The summed E-state index contributed by atoms with van der Waals surface area (Å²) in [6, 6.07) is 3.67. The van der Waals surface area contributed by atoms with Gasteiger partial charge in [0.25, 0.3) is 0 Å². The van der Waals surface area contributed by atoms with Crippen LogP contribution in [0.15, 0.2) is 18.3 Å². The van der Waals surface area contributed by atoms with Crippen molar-refractivity contribution < 1.29 is 4.79 Å². The first-order valence-corrected chi connectivity index (χ1v) is 6.85. The van der Waals surface area contributed by atoms with Gasteiger partial charge in [0.15, 0.2) is 5.78 Å². The highest BCUT2D eigenvalue weighted by Crippen LogP contribution is 2.20. The summed E-state index contributed by atoms with van der Waals surface area (Å²) in [4.78, 5) is 20.5. The molecule has 0 aliphatic carbocycles. The zero-order valence-electron chi connectivity index (χ0n) is 12.3. The highest BCUT2D eigenvalue weighted by atomic mass is 16.1. The topological polar surface area (TPSA) is 36.4 Å². The number of carbonyl (C=O) groups is 1. The molecule has 0 saturated carbocycles. The first-order valence-electron chi connectivity index (χ1n) is 6.85. The summed E-state index contributed by atoms with van der Waals surface area (Å²) in [7, 11) is 0. The van der Waals surface area contributed by atoms with Gasteiger partial charge < -0.3 is 4.90 Å². The number of piperazine rings is 1. The molecular formula is C15H23N3O. The van der Waals surface area contributed by atoms with Gasteiger partial charge in [-0.25, -0.2) is 4.98 Å². The second-order valence-corrected chi connectivity index (χ2v) is 6.10.